The molecule has 0 aromatic heterocycles. The second-order valence-corrected chi connectivity index (χ2v) is 7.64. The van der Waals surface area contributed by atoms with E-state index in [1.165, 1.54) is 12.1 Å². The molecule has 0 saturated heterocycles. The van der Waals surface area contributed by atoms with E-state index in [9.17, 15) is 13.2 Å². The quantitative estimate of drug-likeness (QED) is 0.779. The fourth-order valence-corrected chi connectivity index (χ4v) is 3.63. The minimum Gasteiger partial charge on any atom is -0.480 e. The molecule has 2 N–H and O–H groups in total. The third-order valence-corrected chi connectivity index (χ3v) is 5.22. The molecule has 0 aliphatic rings. The molecule has 2 aromatic carbocycles. The van der Waals surface area contributed by atoms with Crippen LogP contribution in [0, 0.1) is 18.3 Å². The summed E-state index contributed by atoms with van der Waals surface area (Å²) in [4.78, 5) is 11.2. The first-order valence-electron chi connectivity index (χ1n) is 7.67. The van der Waals surface area contributed by atoms with Crippen LogP contribution in [0.2, 0.25) is 0 Å². The summed E-state index contributed by atoms with van der Waals surface area (Å²) >= 11 is 0. The number of sulfonamides is 1. The van der Waals surface area contributed by atoms with Crippen LogP contribution in [0.5, 0.6) is 0 Å². The highest BCUT2D eigenvalue weighted by atomic mass is 32.2. The lowest BCUT2D eigenvalue weighted by atomic mass is 10.0. The van der Waals surface area contributed by atoms with Crippen LogP contribution in [0.15, 0.2) is 53.4 Å². The Kier molecular flexibility index (Phi) is 5.62. The van der Waals surface area contributed by atoms with Crippen LogP contribution in [0.3, 0.4) is 0 Å². The summed E-state index contributed by atoms with van der Waals surface area (Å²) < 4.78 is 27.0. The van der Waals surface area contributed by atoms with E-state index >= 15 is 0 Å². The van der Waals surface area contributed by atoms with Gasteiger partial charge in [-0.1, -0.05) is 44.0 Å². The van der Waals surface area contributed by atoms with Gasteiger partial charge in [-0.15, -0.1) is 6.42 Å². The van der Waals surface area contributed by atoms with Crippen molar-refractivity contribution in [1.82, 2.24) is 4.72 Å². The lowest BCUT2D eigenvalue weighted by Gasteiger charge is -2.18. The minimum absolute atomic E-state index is 0.0170. The van der Waals surface area contributed by atoms with Gasteiger partial charge in [0, 0.05) is 5.56 Å². The summed E-state index contributed by atoms with van der Waals surface area (Å²) in [6.07, 6.45) is 5.32. The highest BCUT2D eigenvalue weighted by Gasteiger charge is 2.27. The van der Waals surface area contributed by atoms with E-state index in [0.717, 1.165) is 16.7 Å². The van der Waals surface area contributed by atoms with Gasteiger partial charge in [-0.05, 0) is 41.3 Å². The Hall–Kier alpha value is -2.62. The van der Waals surface area contributed by atoms with Crippen molar-refractivity contribution in [2.75, 3.05) is 0 Å². The summed E-state index contributed by atoms with van der Waals surface area (Å²) in [7, 11) is -3.92. The third-order valence-electron chi connectivity index (χ3n) is 3.76. The molecule has 1 atom stereocenters. The lowest BCUT2D eigenvalue weighted by molar-refractivity contribution is -0.140. The van der Waals surface area contributed by atoms with Crippen LogP contribution in [-0.4, -0.2) is 25.5 Å². The Bertz CT molecular complexity index is 892. The van der Waals surface area contributed by atoms with E-state index in [1.807, 2.05) is 24.3 Å². The number of nitrogens with one attached hydrogen (secondary N) is 1. The summed E-state index contributed by atoms with van der Waals surface area (Å²) in [5, 5.41) is 9.15. The van der Waals surface area contributed by atoms with Gasteiger partial charge < -0.3 is 5.11 Å². The van der Waals surface area contributed by atoms with Gasteiger partial charge >= 0.3 is 5.97 Å². The second-order valence-electron chi connectivity index (χ2n) is 5.93. The van der Waals surface area contributed by atoms with Gasteiger partial charge in [0.15, 0.2) is 0 Å². The van der Waals surface area contributed by atoms with E-state index in [1.54, 1.807) is 26.0 Å². The fraction of sp³-hybridized carbons (Fsp3) is 0.211. The molecule has 0 fully saturated rings. The molecule has 0 bridgehead atoms. The Morgan fingerprint density at radius 3 is 1.92 bits per heavy atom. The van der Waals surface area contributed by atoms with E-state index in [2.05, 4.69) is 10.6 Å². The van der Waals surface area contributed by atoms with Gasteiger partial charge in [0.1, 0.15) is 6.04 Å². The Morgan fingerprint density at radius 2 is 1.52 bits per heavy atom. The first kappa shape index (κ1) is 18.7. The fourth-order valence-electron chi connectivity index (χ4n) is 2.29. The molecule has 0 radical (unpaired) electrons. The zero-order valence-corrected chi connectivity index (χ0v) is 14.7. The van der Waals surface area contributed by atoms with Gasteiger partial charge in [-0.25, -0.2) is 8.42 Å². The van der Waals surface area contributed by atoms with Crippen molar-refractivity contribution in [2.24, 2.45) is 5.92 Å². The molecule has 25 heavy (non-hydrogen) atoms. The van der Waals surface area contributed by atoms with Crippen molar-refractivity contribution in [3.63, 3.8) is 0 Å². The molecule has 130 valence electrons. The van der Waals surface area contributed by atoms with E-state index in [4.69, 9.17) is 11.5 Å². The molecule has 2 aromatic rings. The lowest BCUT2D eigenvalue weighted by Crippen LogP contribution is -2.44. The van der Waals surface area contributed by atoms with Gasteiger partial charge in [-0.3, -0.25) is 4.79 Å². The highest BCUT2D eigenvalue weighted by Crippen LogP contribution is 2.22. The van der Waals surface area contributed by atoms with Crippen LogP contribution >= 0.6 is 0 Å². The normalized spacial score (nSPS) is 12.6. The number of carboxylic acids is 1. The molecule has 0 aliphatic carbocycles. The summed E-state index contributed by atoms with van der Waals surface area (Å²) in [5.41, 5.74) is 2.50. The Labute approximate surface area is 147 Å². The number of benzene rings is 2. The van der Waals surface area contributed by atoms with Crippen molar-refractivity contribution >= 4 is 16.0 Å². The number of hydrogen-bond donors (Lipinski definition) is 2. The number of aliphatic carboxylic acids is 1. The maximum Gasteiger partial charge on any atom is 0.322 e. The van der Waals surface area contributed by atoms with Crippen LogP contribution in [0.25, 0.3) is 11.1 Å². The predicted molar refractivity (Wildman–Crippen MR) is 96.4 cm³/mol. The number of carbonyl (C=O) groups is 1. The van der Waals surface area contributed by atoms with Crippen molar-refractivity contribution in [1.29, 1.82) is 0 Å². The van der Waals surface area contributed by atoms with Crippen LogP contribution in [0.1, 0.15) is 19.4 Å². The van der Waals surface area contributed by atoms with Crippen LogP contribution in [0.4, 0.5) is 0 Å². The Balaban J connectivity index is 2.26. The number of terminal acetylenes is 1. The average molecular weight is 357 g/mol. The van der Waals surface area contributed by atoms with Gasteiger partial charge in [-0.2, -0.15) is 4.72 Å². The highest BCUT2D eigenvalue weighted by molar-refractivity contribution is 7.89. The smallest absolute Gasteiger partial charge is 0.322 e. The van der Waals surface area contributed by atoms with Crippen molar-refractivity contribution in [3.8, 4) is 23.5 Å². The maximum atomic E-state index is 12.4. The molecule has 2 rings (SSSR count). The van der Waals surface area contributed by atoms with Gasteiger partial charge in [0.2, 0.25) is 10.0 Å². The van der Waals surface area contributed by atoms with E-state index in [0.29, 0.717) is 0 Å². The topological polar surface area (TPSA) is 83.5 Å². The minimum atomic E-state index is -3.92. The van der Waals surface area contributed by atoms with Gasteiger partial charge in [0.05, 0.1) is 4.90 Å². The van der Waals surface area contributed by atoms with E-state index in [-0.39, 0.29) is 10.8 Å². The standard InChI is InChI=1S/C19H19NO4S/c1-4-14-5-7-15(8-6-14)16-9-11-17(12-10-16)25(23,24)20-18(13(2)3)19(21)22/h1,5-13,18,20H,2-3H3,(H,21,22)/t18-/m1/s1. The average Bonchev–Trinajstić information content (AvgIpc) is 2.59. The summed E-state index contributed by atoms with van der Waals surface area (Å²) in [6, 6.07) is 12.4. The van der Waals surface area contributed by atoms with Gasteiger partial charge in [0.25, 0.3) is 0 Å². The summed E-state index contributed by atoms with van der Waals surface area (Å²) in [6.45, 7) is 3.29. The van der Waals surface area contributed by atoms with Crippen LogP contribution < -0.4 is 4.72 Å². The molecule has 0 saturated carbocycles. The molecular formula is C19H19NO4S. The molecular weight excluding hydrogens is 338 g/mol. The molecule has 0 heterocycles. The molecule has 0 aliphatic heterocycles. The number of hydrogen-bond acceptors (Lipinski definition) is 3. The second kappa shape index (κ2) is 7.51. The number of carboxylic acid groups (broad SMARTS) is 1. The molecule has 0 amide bonds. The van der Waals surface area contributed by atoms with Crippen LogP contribution in [-0.2, 0) is 14.8 Å². The SMILES string of the molecule is C#Cc1ccc(-c2ccc(S(=O)(=O)N[C@@H](C(=O)O)C(C)C)cc2)cc1. The van der Waals surface area contributed by atoms with Crippen molar-refractivity contribution < 1.29 is 18.3 Å². The molecule has 5 nitrogen and oxygen atoms in total. The zero-order chi connectivity index (χ0) is 18.6. The first-order valence-corrected chi connectivity index (χ1v) is 9.15. The van der Waals surface area contributed by atoms with E-state index < -0.39 is 22.0 Å². The predicted octanol–water partition coefficient (Wildman–Crippen LogP) is 2.72. The van der Waals surface area contributed by atoms with Crippen molar-refractivity contribution in [2.45, 2.75) is 24.8 Å². The monoisotopic (exact) mass is 357 g/mol. The first-order chi connectivity index (χ1) is 11.7. The zero-order valence-electron chi connectivity index (χ0n) is 13.9. The van der Waals surface area contributed by atoms with Crippen molar-refractivity contribution in [3.05, 3.63) is 54.1 Å². The number of rotatable bonds is 6. The summed E-state index contributed by atoms with van der Waals surface area (Å²) in [5.74, 6) is 0.957. The molecule has 0 spiro atoms. The largest absolute Gasteiger partial charge is 0.480 e. The maximum absolute atomic E-state index is 12.4. The molecule has 6 heteroatoms. The molecule has 0 unspecified atom stereocenters. The third kappa shape index (κ3) is 4.47. The Morgan fingerprint density at radius 1 is 1.04 bits per heavy atom.